The highest BCUT2D eigenvalue weighted by atomic mass is 79.9. The molecule has 2 unspecified atom stereocenters. The first-order chi connectivity index (χ1) is 8.71. The standard InChI is InChI=1S/C14H24BrNO2/c1-2-12-11(5-8-18-12)13(17)16-10-14(9-15)6-3-4-7-14/h11-12H,2-10H2,1H3,(H,16,17). The second-order valence-corrected chi connectivity index (χ2v) is 6.33. The van der Waals surface area contributed by atoms with E-state index >= 15 is 0 Å². The number of nitrogens with one attached hydrogen (secondary N) is 1. The first kappa shape index (κ1) is 14.3. The van der Waals surface area contributed by atoms with Crippen LogP contribution >= 0.6 is 15.9 Å². The molecule has 2 atom stereocenters. The number of amides is 1. The van der Waals surface area contributed by atoms with Gasteiger partial charge in [-0.25, -0.2) is 0 Å². The summed E-state index contributed by atoms with van der Waals surface area (Å²) in [6, 6.07) is 0. The summed E-state index contributed by atoms with van der Waals surface area (Å²) in [7, 11) is 0. The van der Waals surface area contributed by atoms with E-state index in [1.54, 1.807) is 0 Å². The van der Waals surface area contributed by atoms with Crippen LogP contribution in [0.2, 0.25) is 0 Å². The Kier molecular flexibility index (Phi) is 5.07. The summed E-state index contributed by atoms with van der Waals surface area (Å²) in [5, 5.41) is 4.17. The van der Waals surface area contributed by atoms with Crippen LogP contribution in [0.1, 0.15) is 45.4 Å². The van der Waals surface area contributed by atoms with Crippen LogP contribution in [0, 0.1) is 11.3 Å². The summed E-state index contributed by atoms with van der Waals surface area (Å²) >= 11 is 3.62. The molecule has 1 saturated heterocycles. The van der Waals surface area contributed by atoms with E-state index in [0.29, 0.717) is 5.41 Å². The van der Waals surface area contributed by atoms with E-state index in [1.165, 1.54) is 25.7 Å². The topological polar surface area (TPSA) is 38.3 Å². The summed E-state index contributed by atoms with van der Waals surface area (Å²) in [6.45, 7) is 3.65. The molecule has 18 heavy (non-hydrogen) atoms. The minimum atomic E-state index is 0.0729. The minimum Gasteiger partial charge on any atom is -0.377 e. The molecule has 1 N–H and O–H groups in total. The fourth-order valence-corrected chi connectivity index (χ4v) is 4.00. The van der Waals surface area contributed by atoms with Crippen molar-refractivity contribution in [2.45, 2.75) is 51.6 Å². The first-order valence-electron chi connectivity index (χ1n) is 7.16. The van der Waals surface area contributed by atoms with Gasteiger partial charge in [-0.1, -0.05) is 35.7 Å². The van der Waals surface area contributed by atoms with Crippen molar-refractivity contribution in [3.8, 4) is 0 Å². The van der Waals surface area contributed by atoms with Gasteiger partial charge in [0.2, 0.25) is 5.91 Å². The summed E-state index contributed by atoms with van der Waals surface area (Å²) in [4.78, 5) is 12.2. The zero-order chi connectivity index (χ0) is 13.0. The van der Waals surface area contributed by atoms with E-state index in [-0.39, 0.29) is 17.9 Å². The number of hydrogen-bond acceptors (Lipinski definition) is 2. The Hall–Kier alpha value is -0.0900. The van der Waals surface area contributed by atoms with Crippen LogP contribution in [-0.2, 0) is 9.53 Å². The average Bonchev–Trinajstić information content (AvgIpc) is 3.05. The summed E-state index contributed by atoms with van der Waals surface area (Å²) in [5.74, 6) is 0.273. The molecule has 2 fully saturated rings. The van der Waals surface area contributed by atoms with Crippen molar-refractivity contribution in [3.05, 3.63) is 0 Å². The smallest absolute Gasteiger partial charge is 0.225 e. The number of carbonyl (C=O) groups excluding carboxylic acids is 1. The summed E-state index contributed by atoms with van der Waals surface area (Å²) in [5.41, 5.74) is 0.302. The molecule has 1 heterocycles. The van der Waals surface area contributed by atoms with Gasteiger partial charge < -0.3 is 10.1 Å². The van der Waals surface area contributed by atoms with Crippen molar-refractivity contribution in [3.63, 3.8) is 0 Å². The molecule has 1 saturated carbocycles. The highest BCUT2D eigenvalue weighted by molar-refractivity contribution is 9.09. The molecule has 1 aliphatic carbocycles. The van der Waals surface area contributed by atoms with Crippen molar-refractivity contribution >= 4 is 21.8 Å². The lowest BCUT2D eigenvalue weighted by molar-refractivity contribution is -0.127. The van der Waals surface area contributed by atoms with Crippen molar-refractivity contribution in [1.82, 2.24) is 5.32 Å². The van der Waals surface area contributed by atoms with Gasteiger partial charge >= 0.3 is 0 Å². The third kappa shape index (κ3) is 3.08. The third-order valence-electron chi connectivity index (χ3n) is 4.53. The van der Waals surface area contributed by atoms with Gasteiger partial charge in [-0.05, 0) is 31.1 Å². The minimum absolute atomic E-state index is 0.0729. The van der Waals surface area contributed by atoms with Crippen LogP contribution in [0.25, 0.3) is 0 Å². The molecule has 0 spiro atoms. The largest absolute Gasteiger partial charge is 0.377 e. The van der Waals surface area contributed by atoms with Crippen LogP contribution in [-0.4, -0.2) is 30.5 Å². The summed E-state index contributed by atoms with van der Waals surface area (Å²) in [6.07, 6.45) is 7.01. The fourth-order valence-electron chi connectivity index (χ4n) is 3.24. The normalized spacial score (nSPS) is 30.6. The quantitative estimate of drug-likeness (QED) is 0.792. The van der Waals surface area contributed by atoms with Crippen molar-refractivity contribution in [2.24, 2.45) is 11.3 Å². The lowest BCUT2D eigenvalue weighted by Crippen LogP contribution is -2.41. The predicted octanol–water partition coefficient (Wildman–Crippen LogP) is 2.87. The zero-order valence-electron chi connectivity index (χ0n) is 11.2. The van der Waals surface area contributed by atoms with E-state index in [1.807, 2.05) is 0 Å². The lowest BCUT2D eigenvalue weighted by Gasteiger charge is -2.28. The maximum absolute atomic E-state index is 12.2. The van der Waals surface area contributed by atoms with Crippen molar-refractivity contribution < 1.29 is 9.53 Å². The molecule has 1 amide bonds. The van der Waals surface area contributed by atoms with Crippen LogP contribution in [0.15, 0.2) is 0 Å². The number of ether oxygens (including phenoxy) is 1. The monoisotopic (exact) mass is 317 g/mol. The molecule has 2 aliphatic rings. The Morgan fingerprint density at radius 2 is 2.17 bits per heavy atom. The molecule has 0 bridgehead atoms. The second kappa shape index (κ2) is 6.38. The van der Waals surface area contributed by atoms with Crippen LogP contribution < -0.4 is 5.32 Å². The van der Waals surface area contributed by atoms with Crippen LogP contribution in [0.5, 0.6) is 0 Å². The number of rotatable bonds is 5. The van der Waals surface area contributed by atoms with Crippen molar-refractivity contribution in [1.29, 1.82) is 0 Å². The molecule has 0 aromatic rings. The van der Waals surface area contributed by atoms with Gasteiger partial charge in [-0.15, -0.1) is 0 Å². The highest BCUT2D eigenvalue weighted by Crippen LogP contribution is 2.39. The first-order valence-corrected chi connectivity index (χ1v) is 8.28. The Labute approximate surface area is 118 Å². The Balaban J connectivity index is 1.84. The molecule has 2 rings (SSSR count). The average molecular weight is 318 g/mol. The SMILES string of the molecule is CCC1OCCC1C(=O)NCC1(CBr)CCCC1. The van der Waals surface area contributed by atoms with Gasteiger partial charge in [0.15, 0.2) is 0 Å². The molecule has 0 radical (unpaired) electrons. The second-order valence-electron chi connectivity index (χ2n) is 5.77. The van der Waals surface area contributed by atoms with Gasteiger partial charge in [-0.2, -0.15) is 0 Å². The molecule has 0 aromatic carbocycles. The number of halogens is 1. The summed E-state index contributed by atoms with van der Waals surface area (Å²) < 4.78 is 5.59. The lowest BCUT2D eigenvalue weighted by atomic mass is 9.88. The third-order valence-corrected chi connectivity index (χ3v) is 5.72. The van der Waals surface area contributed by atoms with E-state index in [2.05, 4.69) is 28.2 Å². The maximum Gasteiger partial charge on any atom is 0.225 e. The van der Waals surface area contributed by atoms with Crippen LogP contribution in [0.4, 0.5) is 0 Å². The Morgan fingerprint density at radius 1 is 1.44 bits per heavy atom. The van der Waals surface area contributed by atoms with Gasteiger partial charge in [0.05, 0.1) is 12.0 Å². The number of hydrogen-bond donors (Lipinski definition) is 1. The van der Waals surface area contributed by atoms with E-state index < -0.39 is 0 Å². The van der Waals surface area contributed by atoms with Gasteiger partial charge in [0, 0.05) is 18.5 Å². The molecule has 3 nitrogen and oxygen atoms in total. The van der Waals surface area contributed by atoms with E-state index in [0.717, 1.165) is 31.3 Å². The maximum atomic E-state index is 12.2. The fraction of sp³-hybridized carbons (Fsp3) is 0.929. The van der Waals surface area contributed by atoms with E-state index in [4.69, 9.17) is 4.74 Å². The van der Waals surface area contributed by atoms with Gasteiger partial charge in [0.1, 0.15) is 0 Å². The molecule has 1 aliphatic heterocycles. The number of alkyl halides is 1. The highest BCUT2D eigenvalue weighted by Gasteiger charge is 2.36. The Bertz CT molecular complexity index is 290. The molecule has 104 valence electrons. The number of carbonyl (C=O) groups is 1. The predicted molar refractivity (Wildman–Crippen MR) is 75.8 cm³/mol. The molecule has 4 heteroatoms. The van der Waals surface area contributed by atoms with Gasteiger partial charge in [-0.3, -0.25) is 4.79 Å². The van der Waals surface area contributed by atoms with Crippen LogP contribution in [0.3, 0.4) is 0 Å². The molecule has 0 aromatic heterocycles. The van der Waals surface area contributed by atoms with E-state index in [9.17, 15) is 4.79 Å². The van der Waals surface area contributed by atoms with Crippen molar-refractivity contribution in [2.75, 3.05) is 18.5 Å². The molecular formula is C14H24BrNO2. The van der Waals surface area contributed by atoms with Gasteiger partial charge in [0.25, 0.3) is 0 Å². The Morgan fingerprint density at radius 3 is 2.78 bits per heavy atom. The molecular weight excluding hydrogens is 294 g/mol. The zero-order valence-corrected chi connectivity index (χ0v) is 12.8.